The molecule has 0 aliphatic rings. The summed E-state index contributed by atoms with van der Waals surface area (Å²) in [6.07, 6.45) is 1.83. The highest BCUT2D eigenvalue weighted by Gasteiger charge is 2.07. The van der Waals surface area contributed by atoms with E-state index in [0.717, 1.165) is 18.9 Å². The number of anilines is 1. The van der Waals surface area contributed by atoms with Crippen LogP contribution in [0.25, 0.3) is 0 Å². The Labute approximate surface area is 92.5 Å². The van der Waals surface area contributed by atoms with Gasteiger partial charge < -0.3 is 5.32 Å². The molecule has 0 bridgehead atoms. The lowest BCUT2D eigenvalue weighted by molar-refractivity contribution is 0.266. The molecule has 0 aromatic carbocycles. The molecule has 0 fully saturated rings. The van der Waals surface area contributed by atoms with Gasteiger partial charge in [0.25, 0.3) is 0 Å². The summed E-state index contributed by atoms with van der Waals surface area (Å²) in [6, 6.07) is 4.67. The van der Waals surface area contributed by atoms with Gasteiger partial charge in [0.2, 0.25) is 0 Å². The van der Waals surface area contributed by atoms with E-state index in [9.17, 15) is 0 Å². The zero-order valence-corrected chi connectivity index (χ0v) is 10.1. The van der Waals surface area contributed by atoms with Gasteiger partial charge in [-0.1, -0.05) is 6.07 Å². The third-order valence-electron chi connectivity index (χ3n) is 2.54. The second kappa shape index (κ2) is 5.71. The van der Waals surface area contributed by atoms with Gasteiger partial charge in [0, 0.05) is 30.9 Å². The third kappa shape index (κ3) is 3.51. The summed E-state index contributed by atoms with van der Waals surface area (Å²) in [4.78, 5) is 6.65. The zero-order chi connectivity index (χ0) is 11.3. The van der Waals surface area contributed by atoms with Gasteiger partial charge >= 0.3 is 0 Å². The monoisotopic (exact) mass is 207 g/mol. The minimum absolute atomic E-state index is 0.555. The van der Waals surface area contributed by atoms with Crippen LogP contribution in [0.2, 0.25) is 0 Å². The van der Waals surface area contributed by atoms with Crippen LogP contribution in [0.4, 0.5) is 5.82 Å². The van der Waals surface area contributed by atoms with Crippen molar-refractivity contribution in [3.05, 3.63) is 23.9 Å². The Hall–Kier alpha value is -1.09. The van der Waals surface area contributed by atoms with Gasteiger partial charge in [-0.3, -0.25) is 4.90 Å². The van der Waals surface area contributed by atoms with Crippen molar-refractivity contribution in [2.45, 2.75) is 33.4 Å². The predicted molar refractivity (Wildman–Crippen MR) is 65.0 cm³/mol. The maximum absolute atomic E-state index is 4.34. The fraction of sp³-hybridized carbons (Fsp3) is 0.583. The highest BCUT2D eigenvalue weighted by atomic mass is 15.1. The van der Waals surface area contributed by atoms with Crippen LogP contribution >= 0.6 is 0 Å². The molecule has 3 nitrogen and oxygen atoms in total. The fourth-order valence-electron chi connectivity index (χ4n) is 1.34. The highest BCUT2D eigenvalue weighted by Crippen LogP contribution is 2.14. The second-order valence-corrected chi connectivity index (χ2v) is 4.05. The summed E-state index contributed by atoms with van der Waals surface area (Å²) < 4.78 is 0. The van der Waals surface area contributed by atoms with Gasteiger partial charge in [-0.2, -0.15) is 0 Å². The van der Waals surface area contributed by atoms with Crippen molar-refractivity contribution >= 4 is 5.82 Å². The van der Waals surface area contributed by atoms with Crippen LogP contribution in [-0.2, 0) is 6.54 Å². The van der Waals surface area contributed by atoms with E-state index in [0.29, 0.717) is 6.04 Å². The largest absolute Gasteiger partial charge is 0.370 e. The van der Waals surface area contributed by atoms with E-state index in [-0.39, 0.29) is 0 Å². The number of hydrogen-bond donors (Lipinski definition) is 1. The first-order valence-corrected chi connectivity index (χ1v) is 5.53. The summed E-state index contributed by atoms with van der Waals surface area (Å²) in [5.41, 5.74) is 1.26. The molecule has 0 unspecified atom stereocenters. The Morgan fingerprint density at radius 3 is 2.80 bits per heavy atom. The molecule has 84 valence electrons. The van der Waals surface area contributed by atoms with Crippen LogP contribution < -0.4 is 5.32 Å². The Bertz CT molecular complexity index is 297. The molecule has 0 aliphatic heterocycles. The van der Waals surface area contributed by atoms with Crippen molar-refractivity contribution in [3.8, 4) is 0 Å². The maximum Gasteiger partial charge on any atom is 0.130 e. The molecule has 0 aliphatic carbocycles. The van der Waals surface area contributed by atoms with Crippen molar-refractivity contribution in [1.82, 2.24) is 9.88 Å². The SMILES string of the molecule is CCNc1ncccc1CN(C)C(C)C. The lowest BCUT2D eigenvalue weighted by Gasteiger charge is -2.22. The Kier molecular flexibility index (Phi) is 4.56. The van der Waals surface area contributed by atoms with E-state index in [2.05, 4.69) is 49.1 Å². The molecule has 1 aromatic heterocycles. The van der Waals surface area contributed by atoms with Crippen LogP contribution in [0.1, 0.15) is 26.3 Å². The van der Waals surface area contributed by atoms with Crippen LogP contribution in [0, 0.1) is 0 Å². The van der Waals surface area contributed by atoms with Crippen molar-refractivity contribution < 1.29 is 0 Å². The van der Waals surface area contributed by atoms with E-state index < -0.39 is 0 Å². The molecule has 15 heavy (non-hydrogen) atoms. The molecule has 0 saturated carbocycles. The molecule has 1 rings (SSSR count). The van der Waals surface area contributed by atoms with Crippen LogP contribution in [0.5, 0.6) is 0 Å². The van der Waals surface area contributed by atoms with E-state index in [1.54, 1.807) is 0 Å². The molecule has 1 N–H and O–H groups in total. The minimum Gasteiger partial charge on any atom is -0.370 e. The average Bonchev–Trinajstić information content (AvgIpc) is 2.21. The highest BCUT2D eigenvalue weighted by molar-refractivity contribution is 5.43. The molecule has 1 heterocycles. The standard InChI is InChI=1S/C12H21N3/c1-5-13-12-11(7-6-8-14-12)9-15(4)10(2)3/h6-8,10H,5,9H2,1-4H3,(H,13,14). The number of aromatic nitrogens is 1. The van der Waals surface area contributed by atoms with Crippen LogP contribution in [0.15, 0.2) is 18.3 Å². The summed E-state index contributed by atoms with van der Waals surface area (Å²) in [7, 11) is 2.13. The topological polar surface area (TPSA) is 28.2 Å². The minimum atomic E-state index is 0.555. The van der Waals surface area contributed by atoms with Crippen LogP contribution in [-0.4, -0.2) is 29.5 Å². The van der Waals surface area contributed by atoms with Crippen molar-refractivity contribution in [2.75, 3.05) is 18.9 Å². The molecular weight excluding hydrogens is 186 g/mol. The van der Waals surface area contributed by atoms with Gasteiger partial charge in [0.05, 0.1) is 0 Å². The van der Waals surface area contributed by atoms with Crippen molar-refractivity contribution in [1.29, 1.82) is 0 Å². The molecule has 0 amide bonds. The molecule has 3 heteroatoms. The summed E-state index contributed by atoms with van der Waals surface area (Å²) >= 11 is 0. The molecule has 0 saturated heterocycles. The van der Waals surface area contributed by atoms with Gasteiger partial charge in [0.1, 0.15) is 5.82 Å². The van der Waals surface area contributed by atoms with Gasteiger partial charge in [-0.25, -0.2) is 4.98 Å². The van der Waals surface area contributed by atoms with E-state index in [1.165, 1.54) is 5.56 Å². The average molecular weight is 207 g/mol. The summed E-state index contributed by atoms with van der Waals surface area (Å²) in [5.74, 6) is 1.01. The van der Waals surface area contributed by atoms with Crippen LogP contribution in [0.3, 0.4) is 0 Å². The zero-order valence-electron chi connectivity index (χ0n) is 10.1. The first-order chi connectivity index (χ1) is 7.15. The second-order valence-electron chi connectivity index (χ2n) is 4.05. The predicted octanol–water partition coefficient (Wildman–Crippen LogP) is 2.35. The summed E-state index contributed by atoms with van der Waals surface area (Å²) in [5, 5.41) is 3.28. The first kappa shape index (κ1) is 12.0. The third-order valence-corrected chi connectivity index (χ3v) is 2.54. The number of nitrogens with zero attached hydrogens (tertiary/aromatic N) is 2. The Morgan fingerprint density at radius 2 is 2.20 bits per heavy atom. The number of rotatable bonds is 5. The van der Waals surface area contributed by atoms with E-state index in [1.807, 2.05) is 12.3 Å². The lowest BCUT2D eigenvalue weighted by Crippen LogP contribution is -2.26. The number of nitrogens with one attached hydrogen (secondary N) is 1. The van der Waals surface area contributed by atoms with Crippen molar-refractivity contribution in [3.63, 3.8) is 0 Å². The lowest BCUT2D eigenvalue weighted by atomic mass is 10.2. The van der Waals surface area contributed by atoms with E-state index in [4.69, 9.17) is 0 Å². The summed E-state index contributed by atoms with van der Waals surface area (Å²) in [6.45, 7) is 8.33. The quantitative estimate of drug-likeness (QED) is 0.803. The molecule has 0 atom stereocenters. The molecule has 0 spiro atoms. The van der Waals surface area contributed by atoms with Gasteiger partial charge in [-0.05, 0) is 33.9 Å². The van der Waals surface area contributed by atoms with E-state index >= 15 is 0 Å². The maximum atomic E-state index is 4.34. The smallest absolute Gasteiger partial charge is 0.130 e. The van der Waals surface area contributed by atoms with Gasteiger partial charge in [-0.15, -0.1) is 0 Å². The first-order valence-electron chi connectivity index (χ1n) is 5.53. The van der Waals surface area contributed by atoms with Gasteiger partial charge in [0.15, 0.2) is 0 Å². The Morgan fingerprint density at radius 1 is 1.47 bits per heavy atom. The van der Waals surface area contributed by atoms with Crippen molar-refractivity contribution in [2.24, 2.45) is 0 Å². The molecular formula is C12H21N3. The number of pyridine rings is 1. The molecule has 1 aromatic rings. The normalized spacial score (nSPS) is 11.1. The molecule has 0 radical (unpaired) electrons. The fourth-order valence-corrected chi connectivity index (χ4v) is 1.34. The number of hydrogen-bond acceptors (Lipinski definition) is 3. The Balaban J connectivity index is 2.74.